The summed E-state index contributed by atoms with van der Waals surface area (Å²) in [5, 5.41) is 8.47. The Hall–Kier alpha value is -1.91. The van der Waals surface area contributed by atoms with Crippen molar-refractivity contribution in [2.24, 2.45) is 0 Å². The third-order valence-corrected chi connectivity index (χ3v) is 1.72. The zero-order valence-electron chi connectivity index (χ0n) is 8.52. The summed E-state index contributed by atoms with van der Waals surface area (Å²) in [7, 11) is 3.00. The van der Waals surface area contributed by atoms with Gasteiger partial charge in [-0.2, -0.15) is 0 Å². The van der Waals surface area contributed by atoms with Gasteiger partial charge in [-0.1, -0.05) is 0 Å². The van der Waals surface area contributed by atoms with Gasteiger partial charge in [-0.25, -0.2) is 4.79 Å². The van der Waals surface area contributed by atoms with Crippen LogP contribution < -0.4 is 14.2 Å². The van der Waals surface area contributed by atoms with Gasteiger partial charge in [0.05, 0.1) is 14.2 Å². The number of carboxylic acids is 1. The van der Waals surface area contributed by atoms with E-state index >= 15 is 0 Å². The van der Waals surface area contributed by atoms with Crippen LogP contribution in [0.2, 0.25) is 0 Å². The first-order valence-electron chi connectivity index (χ1n) is 4.24. The number of carboxylic acid groups (broad SMARTS) is 1. The number of ether oxygens (including phenoxy) is 3. The van der Waals surface area contributed by atoms with Crippen molar-refractivity contribution in [1.82, 2.24) is 0 Å². The normalized spacial score (nSPS) is 9.47. The minimum atomic E-state index is -1.04. The number of benzene rings is 1. The molecule has 82 valence electrons. The maximum Gasteiger partial charge on any atom is 0.341 e. The highest BCUT2D eigenvalue weighted by Gasteiger charge is 2.07. The first kappa shape index (κ1) is 11.2. The number of hydrogen-bond acceptors (Lipinski definition) is 4. The van der Waals surface area contributed by atoms with Gasteiger partial charge in [0, 0.05) is 6.07 Å². The van der Waals surface area contributed by atoms with E-state index in [1.807, 2.05) is 0 Å². The lowest BCUT2D eigenvalue weighted by molar-refractivity contribution is -0.139. The van der Waals surface area contributed by atoms with E-state index in [4.69, 9.17) is 19.3 Å². The first-order chi connectivity index (χ1) is 7.17. The average Bonchev–Trinajstić information content (AvgIpc) is 2.25. The monoisotopic (exact) mass is 212 g/mol. The summed E-state index contributed by atoms with van der Waals surface area (Å²) < 4.78 is 15.0. The van der Waals surface area contributed by atoms with Crippen LogP contribution in [0.5, 0.6) is 17.2 Å². The van der Waals surface area contributed by atoms with E-state index in [1.165, 1.54) is 14.2 Å². The fourth-order valence-electron chi connectivity index (χ4n) is 1.04. The maximum absolute atomic E-state index is 10.3. The molecule has 0 aliphatic rings. The largest absolute Gasteiger partial charge is 0.497 e. The van der Waals surface area contributed by atoms with Gasteiger partial charge in [-0.15, -0.1) is 0 Å². The number of carbonyl (C=O) groups is 1. The summed E-state index contributed by atoms with van der Waals surface area (Å²) in [5.41, 5.74) is 0. The molecule has 15 heavy (non-hydrogen) atoms. The Morgan fingerprint density at radius 3 is 2.53 bits per heavy atom. The Morgan fingerprint density at radius 1 is 1.27 bits per heavy atom. The van der Waals surface area contributed by atoms with Gasteiger partial charge in [0.2, 0.25) is 0 Å². The number of rotatable bonds is 5. The van der Waals surface area contributed by atoms with Crippen LogP contribution in [0.3, 0.4) is 0 Å². The van der Waals surface area contributed by atoms with Crippen molar-refractivity contribution in [1.29, 1.82) is 0 Å². The van der Waals surface area contributed by atoms with Gasteiger partial charge in [0.15, 0.2) is 18.1 Å². The summed E-state index contributed by atoms with van der Waals surface area (Å²) in [4.78, 5) is 10.3. The molecule has 1 rings (SSSR count). The second-order valence-corrected chi connectivity index (χ2v) is 2.70. The lowest BCUT2D eigenvalue weighted by atomic mass is 10.3. The van der Waals surface area contributed by atoms with Crippen molar-refractivity contribution in [2.45, 2.75) is 0 Å². The molecular formula is C10H12O5. The van der Waals surface area contributed by atoms with E-state index in [1.54, 1.807) is 18.2 Å². The second-order valence-electron chi connectivity index (χ2n) is 2.70. The number of hydrogen-bond donors (Lipinski definition) is 1. The van der Waals surface area contributed by atoms with E-state index in [2.05, 4.69) is 0 Å². The molecule has 0 aliphatic heterocycles. The van der Waals surface area contributed by atoms with Crippen LogP contribution in [0.4, 0.5) is 0 Å². The molecule has 1 aromatic rings. The molecule has 1 aromatic carbocycles. The van der Waals surface area contributed by atoms with Gasteiger partial charge in [0.25, 0.3) is 0 Å². The molecule has 5 nitrogen and oxygen atoms in total. The molecule has 5 heteroatoms. The van der Waals surface area contributed by atoms with Crippen molar-refractivity contribution in [3.63, 3.8) is 0 Å². The third kappa shape index (κ3) is 3.05. The van der Waals surface area contributed by atoms with Crippen molar-refractivity contribution < 1.29 is 24.1 Å². The van der Waals surface area contributed by atoms with E-state index < -0.39 is 12.6 Å². The van der Waals surface area contributed by atoms with Crippen molar-refractivity contribution in [2.75, 3.05) is 20.8 Å². The van der Waals surface area contributed by atoms with Crippen LogP contribution in [0.1, 0.15) is 0 Å². The van der Waals surface area contributed by atoms with Crippen LogP contribution in [-0.2, 0) is 4.79 Å². The molecule has 0 unspecified atom stereocenters. The quantitative estimate of drug-likeness (QED) is 0.793. The fraction of sp³-hybridized carbons (Fsp3) is 0.300. The fourth-order valence-corrected chi connectivity index (χ4v) is 1.04. The highest BCUT2D eigenvalue weighted by molar-refractivity contribution is 5.68. The molecule has 0 atom stereocenters. The Morgan fingerprint density at radius 2 is 2.00 bits per heavy atom. The first-order valence-corrected chi connectivity index (χ1v) is 4.24. The molecule has 0 fully saturated rings. The lowest BCUT2D eigenvalue weighted by Crippen LogP contribution is -2.10. The molecule has 0 heterocycles. The summed E-state index contributed by atoms with van der Waals surface area (Å²) in [6.45, 7) is -0.413. The molecule has 0 amide bonds. The summed E-state index contributed by atoms with van der Waals surface area (Å²) >= 11 is 0. The minimum absolute atomic E-state index is 0.347. The third-order valence-electron chi connectivity index (χ3n) is 1.72. The minimum Gasteiger partial charge on any atom is -0.497 e. The second kappa shape index (κ2) is 5.09. The molecule has 1 N–H and O–H groups in total. The van der Waals surface area contributed by atoms with Gasteiger partial charge in [-0.3, -0.25) is 0 Å². The topological polar surface area (TPSA) is 65.0 Å². The zero-order chi connectivity index (χ0) is 11.3. The molecule has 0 radical (unpaired) electrons. The van der Waals surface area contributed by atoms with E-state index in [0.29, 0.717) is 17.2 Å². The van der Waals surface area contributed by atoms with Crippen LogP contribution in [0.15, 0.2) is 18.2 Å². The van der Waals surface area contributed by atoms with Crippen LogP contribution in [-0.4, -0.2) is 31.9 Å². The summed E-state index contributed by atoms with van der Waals surface area (Å²) in [5.74, 6) is 0.354. The summed E-state index contributed by atoms with van der Waals surface area (Å²) in [6.07, 6.45) is 0. The molecular weight excluding hydrogens is 200 g/mol. The highest BCUT2D eigenvalue weighted by Crippen LogP contribution is 2.30. The van der Waals surface area contributed by atoms with Crippen LogP contribution >= 0.6 is 0 Å². The van der Waals surface area contributed by atoms with E-state index in [9.17, 15) is 4.79 Å². The van der Waals surface area contributed by atoms with Crippen LogP contribution in [0, 0.1) is 0 Å². The maximum atomic E-state index is 10.3. The summed E-state index contributed by atoms with van der Waals surface area (Å²) in [6, 6.07) is 4.92. The molecule has 0 aliphatic carbocycles. The molecule has 0 saturated carbocycles. The van der Waals surface area contributed by atoms with Gasteiger partial charge < -0.3 is 19.3 Å². The van der Waals surface area contributed by atoms with Crippen molar-refractivity contribution in [3.8, 4) is 17.2 Å². The molecule has 0 bridgehead atoms. The Balaban J connectivity index is 2.85. The Kier molecular flexibility index (Phi) is 3.79. The number of aliphatic carboxylic acids is 1. The van der Waals surface area contributed by atoms with Gasteiger partial charge in [-0.05, 0) is 12.1 Å². The van der Waals surface area contributed by atoms with Gasteiger partial charge >= 0.3 is 5.97 Å². The van der Waals surface area contributed by atoms with Crippen molar-refractivity contribution >= 4 is 5.97 Å². The van der Waals surface area contributed by atoms with Gasteiger partial charge in [0.1, 0.15) is 5.75 Å². The molecule has 0 spiro atoms. The molecule has 0 saturated heterocycles. The standard InChI is InChI=1S/C10H12O5/c1-13-7-3-4-8(14-2)9(5-7)15-6-10(11)12/h3-5H,6H2,1-2H3,(H,11,12). The van der Waals surface area contributed by atoms with Crippen LogP contribution in [0.25, 0.3) is 0 Å². The number of methoxy groups -OCH3 is 2. The highest BCUT2D eigenvalue weighted by atomic mass is 16.5. The van der Waals surface area contributed by atoms with E-state index in [-0.39, 0.29) is 0 Å². The predicted octanol–water partition coefficient (Wildman–Crippen LogP) is 1.17. The lowest BCUT2D eigenvalue weighted by Gasteiger charge is -2.10. The Bertz CT molecular complexity index is 348. The predicted molar refractivity (Wildman–Crippen MR) is 52.7 cm³/mol. The van der Waals surface area contributed by atoms with Crippen molar-refractivity contribution in [3.05, 3.63) is 18.2 Å². The smallest absolute Gasteiger partial charge is 0.341 e. The van der Waals surface area contributed by atoms with E-state index in [0.717, 1.165) is 0 Å². The molecule has 0 aromatic heterocycles. The SMILES string of the molecule is COc1ccc(OC)c(OCC(=O)O)c1. The average molecular weight is 212 g/mol. The Labute approximate surface area is 87.2 Å². The zero-order valence-corrected chi connectivity index (χ0v) is 8.52.